The number of halogens is 1. The first-order valence-corrected chi connectivity index (χ1v) is 6.96. The lowest BCUT2D eigenvalue weighted by molar-refractivity contribution is 0.495. The molecule has 0 saturated carbocycles. The molecule has 0 atom stereocenters. The maximum atomic E-state index is 12.1. The van der Waals surface area contributed by atoms with Gasteiger partial charge in [-0.3, -0.25) is 0 Å². The molecule has 1 rings (SSSR count). The number of sulfonamides is 1. The molecule has 1 aromatic carbocycles. The summed E-state index contributed by atoms with van der Waals surface area (Å²) in [6.45, 7) is 5.26. The molecule has 0 radical (unpaired) electrons. The van der Waals surface area contributed by atoms with E-state index in [2.05, 4.69) is 4.72 Å². The molecule has 0 heterocycles. The van der Waals surface area contributed by atoms with Crippen LogP contribution in [0.2, 0.25) is 0 Å². The third kappa shape index (κ3) is 3.20. The van der Waals surface area contributed by atoms with Gasteiger partial charge < -0.3 is 0 Å². The van der Waals surface area contributed by atoms with Crippen LogP contribution < -0.4 is 4.72 Å². The molecule has 0 fully saturated rings. The van der Waals surface area contributed by atoms with Crippen LogP contribution in [0.15, 0.2) is 29.2 Å². The maximum absolute atomic E-state index is 12.1. The van der Waals surface area contributed by atoms with Crippen LogP contribution in [0.1, 0.15) is 19.4 Å². The molecule has 5 heteroatoms. The Balaban J connectivity index is 3.09. The van der Waals surface area contributed by atoms with Crippen molar-refractivity contribution in [2.24, 2.45) is 0 Å². The van der Waals surface area contributed by atoms with E-state index in [-0.39, 0.29) is 5.88 Å². The Morgan fingerprint density at radius 1 is 1.31 bits per heavy atom. The summed E-state index contributed by atoms with van der Waals surface area (Å²) in [5.41, 5.74) is 0.0724. The molecule has 1 N–H and O–H groups in total. The van der Waals surface area contributed by atoms with E-state index < -0.39 is 15.6 Å². The number of aryl methyl sites for hydroxylation is 1. The van der Waals surface area contributed by atoms with Gasteiger partial charge in [-0.2, -0.15) is 0 Å². The van der Waals surface area contributed by atoms with Gasteiger partial charge in [0.15, 0.2) is 0 Å². The third-order valence-electron chi connectivity index (χ3n) is 2.13. The van der Waals surface area contributed by atoms with Gasteiger partial charge in [0.05, 0.1) is 4.90 Å². The minimum Gasteiger partial charge on any atom is -0.207 e. The lowest BCUT2D eigenvalue weighted by Crippen LogP contribution is -2.44. The Morgan fingerprint density at radius 3 is 2.38 bits per heavy atom. The topological polar surface area (TPSA) is 46.2 Å². The zero-order chi connectivity index (χ0) is 12.4. The van der Waals surface area contributed by atoms with Gasteiger partial charge in [-0.05, 0) is 32.4 Å². The quantitative estimate of drug-likeness (QED) is 0.846. The van der Waals surface area contributed by atoms with Crippen molar-refractivity contribution in [1.82, 2.24) is 4.72 Å². The summed E-state index contributed by atoms with van der Waals surface area (Å²) in [4.78, 5) is 0.299. The smallest absolute Gasteiger partial charge is 0.207 e. The van der Waals surface area contributed by atoms with Gasteiger partial charge >= 0.3 is 0 Å². The number of hydrogen-bond acceptors (Lipinski definition) is 2. The molecule has 0 aromatic heterocycles. The fraction of sp³-hybridized carbons (Fsp3) is 0.455. The molecule has 0 saturated heterocycles. The molecule has 90 valence electrons. The molecular formula is C11H16ClNO2S. The highest BCUT2D eigenvalue weighted by Crippen LogP contribution is 2.17. The lowest BCUT2D eigenvalue weighted by Gasteiger charge is -2.23. The molecule has 0 spiro atoms. The van der Waals surface area contributed by atoms with E-state index in [1.807, 2.05) is 0 Å². The summed E-state index contributed by atoms with van der Waals surface area (Å²) in [6.07, 6.45) is 0. The third-order valence-corrected chi connectivity index (χ3v) is 4.65. The van der Waals surface area contributed by atoms with Crippen molar-refractivity contribution in [1.29, 1.82) is 0 Å². The first-order chi connectivity index (χ1) is 7.28. The highest BCUT2D eigenvalue weighted by atomic mass is 35.5. The Kier molecular flexibility index (Phi) is 3.99. The zero-order valence-corrected chi connectivity index (χ0v) is 11.2. The van der Waals surface area contributed by atoms with E-state index in [0.29, 0.717) is 4.90 Å². The first kappa shape index (κ1) is 13.5. The van der Waals surface area contributed by atoms with Crippen LogP contribution in [0.5, 0.6) is 0 Å². The monoisotopic (exact) mass is 261 g/mol. The fourth-order valence-corrected chi connectivity index (χ4v) is 3.11. The Bertz CT molecular complexity index is 469. The normalized spacial score (nSPS) is 12.8. The molecule has 0 amide bonds. The number of hydrogen-bond donors (Lipinski definition) is 1. The average Bonchev–Trinajstić information content (AvgIpc) is 2.16. The van der Waals surface area contributed by atoms with Gasteiger partial charge in [-0.1, -0.05) is 18.2 Å². The van der Waals surface area contributed by atoms with Crippen LogP contribution in [0.25, 0.3) is 0 Å². The summed E-state index contributed by atoms with van der Waals surface area (Å²) in [5, 5.41) is 0. The van der Waals surface area contributed by atoms with Crippen molar-refractivity contribution >= 4 is 21.6 Å². The molecule has 0 aliphatic carbocycles. The molecule has 1 aromatic rings. The minimum absolute atomic E-state index is 0.220. The molecule has 16 heavy (non-hydrogen) atoms. The predicted octanol–water partition coefficient (Wildman–Crippen LogP) is 2.29. The van der Waals surface area contributed by atoms with E-state index in [4.69, 9.17) is 11.6 Å². The second-order valence-electron chi connectivity index (χ2n) is 4.39. The summed E-state index contributed by atoms with van der Waals surface area (Å²) in [5.74, 6) is 0.220. The fourth-order valence-electron chi connectivity index (χ4n) is 1.30. The van der Waals surface area contributed by atoms with Crippen molar-refractivity contribution in [2.45, 2.75) is 31.2 Å². The molecule has 3 nitrogen and oxygen atoms in total. The molecular weight excluding hydrogens is 246 g/mol. The summed E-state index contributed by atoms with van der Waals surface area (Å²) in [6, 6.07) is 6.86. The van der Waals surface area contributed by atoms with Crippen molar-refractivity contribution in [3.8, 4) is 0 Å². The van der Waals surface area contributed by atoms with Gasteiger partial charge in [0.25, 0.3) is 0 Å². The number of nitrogens with one attached hydrogen (secondary N) is 1. The van der Waals surface area contributed by atoms with Crippen LogP contribution in [0.3, 0.4) is 0 Å². The first-order valence-electron chi connectivity index (χ1n) is 4.94. The van der Waals surface area contributed by atoms with Crippen LogP contribution >= 0.6 is 11.6 Å². The SMILES string of the molecule is Cc1ccccc1S(=O)(=O)NC(C)(C)CCl. The highest BCUT2D eigenvalue weighted by Gasteiger charge is 2.26. The molecule has 0 unspecified atom stereocenters. The van der Waals surface area contributed by atoms with Gasteiger partial charge in [0.1, 0.15) is 0 Å². The maximum Gasteiger partial charge on any atom is 0.241 e. The van der Waals surface area contributed by atoms with Crippen molar-refractivity contribution in [2.75, 3.05) is 5.88 Å². The summed E-state index contributed by atoms with van der Waals surface area (Å²) >= 11 is 5.70. The lowest BCUT2D eigenvalue weighted by atomic mass is 10.1. The van der Waals surface area contributed by atoms with Crippen LogP contribution in [-0.4, -0.2) is 19.8 Å². The molecule has 0 bridgehead atoms. The van der Waals surface area contributed by atoms with Crippen LogP contribution in [0.4, 0.5) is 0 Å². The standard InChI is InChI=1S/C11H16ClNO2S/c1-9-6-4-5-7-10(9)16(14,15)13-11(2,3)8-12/h4-7,13H,8H2,1-3H3. The van der Waals surface area contributed by atoms with E-state index in [1.54, 1.807) is 45.0 Å². The van der Waals surface area contributed by atoms with Crippen LogP contribution in [0, 0.1) is 6.92 Å². The highest BCUT2D eigenvalue weighted by molar-refractivity contribution is 7.89. The van der Waals surface area contributed by atoms with Gasteiger partial charge in [0, 0.05) is 11.4 Å². The Labute approximate surface area is 102 Å². The Hall–Kier alpha value is -0.580. The van der Waals surface area contributed by atoms with E-state index in [0.717, 1.165) is 5.56 Å². The van der Waals surface area contributed by atoms with E-state index in [9.17, 15) is 8.42 Å². The second kappa shape index (κ2) is 4.73. The van der Waals surface area contributed by atoms with Gasteiger partial charge in [-0.15, -0.1) is 11.6 Å². The largest absolute Gasteiger partial charge is 0.241 e. The van der Waals surface area contributed by atoms with E-state index in [1.165, 1.54) is 0 Å². The van der Waals surface area contributed by atoms with Crippen LogP contribution in [-0.2, 0) is 10.0 Å². The average molecular weight is 262 g/mol. The zero-order valence-electron chi connectivity index (χ0n) is 9.62. The summed E-state index contributed by atoms with van der Waals surface area (Å²) in [7, 11) is -3.50. The summed E-state index contributed by atoms with van der Waals surface area (Å²) < 4.78 is 26.7. The number of alkyl halides is 1. The predicted molar refractivity (Wildman–Crippen MR) is 66.3 cm³/mol. The molecule has 0 aliphatic heterocycles. The Morgan fingerprint density at radius 2 is 1.88 bits per heavy atom. The van der Waals surface area contributed by atoms with Crippen molar-refractivity contribution < 1.29 is 8.42 Å². The number of benzene rings is 1. The van der Waals surface area contributed by atoms with Crippen molar-refractivity contribution in [3.05, 3.63) is 29.8 Å². The molecule has 0 aliphatic rings. The van der Waals surface area contributed by atoms with Gasteiger partial charge in [0.2, 0.25) is 10.0 Å². The van der Waals surface area contributed by atoms with E-state index >= 15 is 0 Å². The van der Waals surface area contributed by atoms with Gasteiger partial charge in [-0.25, -0.2) is 13.1 Å². The second-order valence-corrected chi connectivity index (χ2v) is 6.31. The van der Waals surface area contributed by atoms with Crippen molar-refractivity contribution in [3.63, 3.8) is 0 Å². The number of rotatable bonds is 4. The minimum atomic E-state index is -3.50.